The second kappa shape index (κ2) is 7.81. The number of rotatable bonds is 7. The largest absolute Gasteiger partial charge is 0.477 e. The summed E-state index contributed by atoms with van der Waals surface area (Å²) in [6.07, 6.45) is 0.185. The minimum Gasteiger partial charge on any atom is -0.477 e. The molecule has 2 aliphatic rings. The summed E-state index contributed by atoms with van der Waals surface area (Å²) in [7, 11) is 0. The van der Waals surface area contributed by atoms with Crippen LogP contribution in [0, 0.1) is 0 Å². The lowest BCUT2D eigenvalue weighted by atomic mass is 10.0. The fourth-order valence-corrected chi connectivity index (χ4v) is 4.89. The Balaban J connectivity index is 1.68. The lowest BCUT2D eigenvalue weighted by molar-refractivity contribution is -0.150. The molecule has 140 valence electrons. The number of thioether (sulfide) groups is 1. The van der Waals surface area contributed by atoms with E-state index < -0.39 is 12.0 Å². The smallest absolute Gasteiger partial charge is 0.352 e. The van der Waals surface area contributed by atoms with Crippen molar-refractivity contribution in [3.63, 3.8) is 0 Å². The van der Waals surface area contributed by atoms with Crippen LogP contribution >= 0.6 is 23.1 Å². The maximum atomic E-state index is 12.5. The molecule has 0 radical (unpaired) electrons. The van der Waals surface area contributed by atoms with Gasteiger partial charge in [-0.25, -0.2) is 4.79 Å². The summed E-state index contributed by atoms with van der Waals surface area (Å²) in [6.45, 7) is 3.92. The summed E-state index contributed by atoms with van der Waals surface area (Å²) in [5.74, 6) is -1.31. The zero-order chi connectivity index (χ0) is 18.8. The number of nitrogens with one attached hydrogen (secondary N) is 1. The van der Waals surface area contributed by atoms with E-state index in [0.29, 0.717) is 11.3 Å². The number of nitrogens with zero attached hydrogens (tertiary/aromatic N) is 1. The van der Waals surface area contributed by atoms with Gasteiger partial charge < -0.3 is 15.2 Å². The number of carboxylic acids is 1. The molecule has 0 aliphatic carbocycles. The van der Waals surface area contributed by atoms with Gasteiger partial charge in [0.1, 0.15) is 17.1 Å². The van der Waals surface area contributed by atoms with Crippen molar-refractivity contribution >= 4 is 40.9 Å². The molecule has 2 amide bonds. The number of carbonyl (C=O) groups is 3. The molecular weight excluding hydrogens is 376 g/mol. The predicted molar refractivity (Wildman–Crippen MR) is 98.8 cm³/mol. The van der Waals surface area contributed by atoms with Gasteiger partial charge in [-0.05, 0) is 30.9 Å². The predicted octanol–water partition coefficient (Wildman–Crippen LogP) is 1.45. The van der Waals surface area contributed by atoms with Crippen LogP contribution in [0.3, 0.4) is 0 Å². The Hall–Kier alpha value is -1.84. The van der Waals surface area contributed by atoms with Crippen molar-refractivity contribution in [1.29, 1.82) is 0 Å². The first kappa shape index (κ1) is 18.9. The summed E-state index contributed by atoms with van der Waals surface area (Å²) in [5, 5.41) is 13.8. The number of thiophene rings is 1. The molecule has 2 atom stereocenters. The van der Waals surface area contributed by atoms with Crippen LogP contribution in [-0.2, 0) is 25.5 Å². The highest BCUT2D eigenvalue weighted by Crippen LogP contribution is 2.40. The third kappa shape index (κ3) is 3.79. The van der Waals surface area contributed by atoms with Crippen LogP contribution in [-0.4, -0.2) is 57.7 Å². The lowest BCUT2D eigenvalue weighted by Crippen LogP contribution is -2.70. The molecule has 1 aromatic rings. The van der Waals surface area contributed by atoms with E-state index in [4.69, 9.17) is 4.74 Å². The van der Waals surface area contributed by atoms with Crippen molar-refractivity contribution in [2.75, 3.05) is 12.4 Å². The molecule has 7 nitrogen and oxygen atoms in total. The highest BCUT2D eigenvalue weighted by molar-refractivity contribution is 8.00. The molecule has 3 rings (SSSR count). The summed E-state index contributed by atoms with van der Waals surface area (Å²) in [6, 6.07) is 3.04. The first-order chi connectivity index (χ1) is 12.4. The van der Waals surface area contributed by atoms with E-state index in [1.54, 1.807) is 0 Å². The Morgan fingerprint density at radius 3 is 2.85 bits per heavy atom. The number of carboxylic acid groups (broad SMARTS) is 1. The first-order valence-corrected chi connectivity index (χ1v) is 10.1. The Morgan fingerprint density at radius 2 is 2.23 bits per heavy atom. The van der Waals surface area contributed by atoms with Crippen LogP contribution in [0.25, 0.3) is 0 Å². The molecule has 0 saturated carbocycles. The summed E-state index contributed by atoms with van der Waals surface area (Å²) < 4.78 is 5.51. The Kier molecular flexibility index (Phi) is 5.69. The Bertz CT molecular complexity index is 744. The molecule has 1 aromatic heterocycles. The van der Waals surface area contributed by atoms with Gasteiger partial charge in [0.2, 0.25) is 5.91 Å². The van der Waals surface area contributed by atoms with Gasteiger partial charge in [-0.3, -0.25) is 14.5 Å². The number of β-lactam (4-membered cyclic amide) rings is 1. The van der Waals surface area contributed by atoms with Crippen LogP contribution < -0.4 is 5.32 Å². The van der Waals surface area contributed by atoms with Gasteiger partial charge in [0.25, 0.3) is 5.91 Å². The van der Waals surface area contributed by atoms with Crippen molar-refractivity contribution in [3.05, 3.63) is 33.7 Å². The molecule has 3 heterocycles. The molecule has 0 spiro atoms. The standard InChI is InChI=1S/C17H20N2O5S2/c1-9(2)24-7-10-8-26-16-13(15(21)19(16)14(10)17(22)23)18-12(20)6-11-4-3-5-25-11/h3-5,9,13,16H,6-8H2,1-2H3,(H,18,20)(H,22,23). The number of carbonyl (C=O) groups excluding carboxylic acids is 2. The molecule has 2 N–H and O–H groups in total. The molecule has 2 aliphatic heterocycles. The lowest BCUT2D eigenvalue weighted by Gasteiger charge is -2.49. The van der Waals surface area contributed by atoms with Crippen molar-refractivity contribution in [3.8, 4) is 0 Å². The zero-order valence-corrected chi connectivity index (χ0v) is 16.1. The summed E-state index contributed by atoms with van der Waals surface area (Å²) >= 11 is 2.93. The van der Waals surface area contributed by atoms with Gasteiger partial charge in [0, 0.05) is 10.6 Å². The fraction of sp³-hybridized carbons (Fsp3) is 0.471. The van der Waals surface area contributed by atoms with Crippen molar-refractivity contribution in [2.24, 2.45) is 0 Å². The number of aliphatic carboxylic acids is 1. The van der Waals surface area contributed by atoms with Crippen LogP contribution in [0.4, 0.5) is 0 Å². The van der Waals surface area contributed by atoms with E-state index in [0.717, 1.165) is 4.88 Å². The van der Waals surface area contributed by atoms with E-state index in [2.05, 4.69) is 5.32 Å². The molecule has 26 heavy (non-hydrogen) atoms. The number of fused-ring (bicyclic) bond motifs is 1. The highest BCUT2D eigenvalue weighted by atomic mass is 32.2. The zero-order valence-electron chi connectivity index (χ0n) is 14.4. The Morgan fingerprint density at radius 1 is 1.46 bits per heavy atom. The first-order valence-electron chi connectivity index (χ1n) is 8.21. The minimum atomic E-state index is -1.14. The Labute approximate surface area is 159 Å². The number of amides is 2. The van der Waals surface area contributed by atoms with Crippen molar-refractivity contribution in [1.82, 2.24) is 10.2 Å². The topological polar surface area (TPSA) is 95.9 Å². The summed E-state index contributed by atoms with van der Waals surface area (Å²) in [4.78, 5) is 38.5. The van der Waals surface area contributed by atoms with Gasteiger partial charge in [0.15, 0.2) is 0 Å². The quantitative estimate of drug-likeness (QED) is 0.678. The SMILES string of the molecule is CC(C)OCC1=C(C(=O)O)N2C(=O)C(NC(=O)Cc3cccs3)C2SC1. The van der Waals surface area contributed by atoms with E-state index in [-0.39, 0.29) is 42.0 Å². The maximum Gasteiger partial charge on any atom is 0.352 e. The molecule has 1 saturated heterocycles. The summed E-state index contributed by atoms with van der Waals surface area (Å²) in [5.41, 5.74) is 0.576. The van der Waals surface area contributed by atoms with Gasteiger partial charge >= 0.3 is 5.97 Å². The van der Waals surface area contributed by atoms with Gasteiger partial charge in [-0.1, -0.05) is 6.07 Å². The normalized spacial score (nSPS) is 22.3. The van der Waals surface area contributed by atoms with Gasteiger partial charge in [-0.2, -0.15) is 0 Å². The molecular formula is C17H20N2O5S2. The van der Waals surface area contributed by atoms with Crippen LogP contribution in [0.1, 0.15) is 18.7 Å². The third-order valence-corrected chi connectivity index (χ3v) is 6.29. The van der Waals surface area contributed by atoms with E-state index in [1.807, 2.05) is 31.4 Å². The van der Waals surface area contributed by atoms with Gasteiger partial charge in [-0.15, -0.1) is 23.1 Å². The van der Waals surface area contributed by atoms with Crippen LogP contribution in [0.5, 0.6) is 0 Å². The van der Waals surface area contributed by atoms with E-state index >= 15 is 0 Å². The van der Waals surface area contributed by atoms with Gasteiger partial charge in [0.05, 0.1) is 19.1 Å². The van der Waals surface area contributed by atoms with Crippen LogP contribution in [0.15, 0.2) is 28.8 Å². The highest BCUT2D eigenvalue weighted by Gasteiger charge is 2.54. The fourth-order valence-electron chi connectivity index (χ4n) is 2.86. The maximum absolute atomic E-state index is 12.5. The second-order valence-electron chi connectivity index (χ2n) is 6.33. The minimum absolute atomic E-state index is 0.0110. The van der Waals surface area contributed by atoms with Crippen molar-refractivity contribution < 1.29 is 24.2 Å². The second-order valence-corrected chi connectivity index (χ2v) is 8.47. The average Bonchev–Trinajstić information content (AvgIpc) is 3.09. The number of hydrogen-bond acceptors (Lipinski definition) is 6. The van der Waals surface area contributed by atoms with E-state index in [1.165, 1.54) is 28.0 Å². The monoisotopic (exact) mass is 396 g/mol. The third-order valence-electron chi connectivity index (χ3n) is 4.07. The molecule has 1 fully saturated rings. The number of hydrogen-bond donors (Lipinski definition) is 2. The number of ether oxygens (including phenoxy) is 1. The molecule has 9 heteroatoms. The molecule has 0 bridgehead atoms. The molecule has 0 aromatic carbocycles. The van der Waals surface area contributed by atoms with Crippen molar-refractivity contribution in [2.45, 2.75) is 37.8 Å². The van der Waals surface area contributed by atoms with Crippen LogP contribution in [0.2, 0.25) is 0 Å². The molecule has 2 unspecified atom stereocenters. The van der Waals surface area contributed by atoms with E-state index in [9.17, 15) is 19.5 Å². The average molecular weight is 396 g/mol.